The molecule has 2 rings (SSSR count). The van der Waals surface area contributed by atoms with Gasteiger partial charge in [0.05, 0.1) is 11.2 Å². The Morgan fingerprint density at radius 1 is 1.07 bits per heavy atom. The van der Waals surface area contributed by atoms with E-state index in [1.54, 1.807) is 20.8 Å². The van der Waals surface area contributed by atoms with E-state index >= 15 is 0 Å². The Bertz CT molecular complexity index is 932. The third kappa shape index (κ3) is 8.34. The molecular weight excluding hydrogens is 517 g/mol. The van der Waals surface area contributed by atoms with E-state index in [1.807, 2.05) is 41.5 Å². The van der Waals surface area contributed by atoms with Crippen molar-refractivity contribution in [2.45, 2.75) is 142 Å². The summed E-state index contributed by atoms with van der Waals surface area (Å²) in [6.07, 6.45) is 1.81. The van der Waals surface area contributed by atoms with Crippen molar-refractivity contribution in [1.82, 2.24) is 15.5 Å². The smallest absolute Gasteiger partial charge is 0.457 e. The van der Waals surface area contributed by atoms with Gasteiger partial charge < -0.3 is 34.7 Å². The number of carboxylic acids is 1. The average Bonchev–Trinajstić information content (AvgIpc) is 2.99. The number of unbranched alkanes of at least 4 members (excludes halogenated alkanes) is 1. The van der Waals surface area contributed by atoms with Gasteiger partial charge in [-0.2, -0.15) is 0 Å². The van der Waals surface area contributed by atoms with E-state index in [4.69, 9.17) is 14.0 Å². The van der Waals surface area contributed by atoms with Gasteiger partial charge in [-0.1, -0.05) is 26.7 Å². The van der Waals surface area contributed by atoms with Crippen LogP contribution in [0.3, 0.4) is 0 Å². The monoisotopic (exact) mass is 567 g/mol. The van der Waals surface area contributed by atoms with Crippen LogP contribution in [0, 0.1) is 5.92 Å². The van der Waals surface area contributed by atoms with Crippen LogP contribution in [0.5, 0.6) is 0 Å². The summed E-state index contributed by atoms with van der Waals surface area (Å²) in [7, 11) is -0.376. The van der Waals surface area contributed by atoms with E-state index in [2.05, 4.69) is 10.6 Å². The molecule has 0 bridgehead atoms. The Labute approximate surface area is 239 Å². The first kappa shape index (κ1) is 33.9. The number of carbonyl (C=O) groups is 4. The highest BCUT2D eigenvalue weighted by Gasteiger charge is 2.52. The second-order valence-electron chi connectivity index (χ2n) is 13.5. The predicted octanol–water partition coefficient (Wildman–Crippen LogP) is 3.75. The maximum atomic E-state index is 13.2. The minimum Gasteiger partial charge on any atom is -0.479 e. The highest BCUT2D eigenvalue weighted by atomic mass is 16.7. The SMILES string of the molecule is CC(=O)N1CC[C@H](NC(=O)[C@@H](NC(=O)OC(C)(C)C)C(C)C)C[C@]1(CCCCB1OC(C)(C)C(C)(C)O1)C(=O)O. The summed E-state index contributed by atoms with van der Waals surface area (Å²) in [4.78, 5) is 52.3. The summed E-state index contributed by atoms with van der Waals surface area (Å²) in [5.41, 5.74) is -3.05. The lowest BCUT2D eigenvalue weighted by Crippen LogP contribution is -2.64. The van der Waals surface area contributed by atoms with Crippen molar-refractivity contribution >= 4 is 31.0 Å². The Kier molecular flexibility index (Phi) is 10.7. The van der Waals surface area contributed by atoms with Crippen molar-refractivity contribution in [1.29, 1.82) is 0 Å². The number of rotatable bonds is 10. The van der Waals surface area contributed by atoms with E-state index in [0.29, 0.717) is 25.6 Å². The average molecular weight is 568 g/mol. The summed E-state index contributed by atoms with van der Waals surface area (Å²) in [6, 6.07) is -1.34. The molecule has 0 aromatic heterocycles. The topological polar surface area (TPSA) is 144 Å². The zero-order valence-electron chi connectivity index (χ0n) is 26.0. The lowest BCUT2D eigenvalue weighted by molar-refractivity contribution is -0.163. The quantitative estimate of drug-likeness (QED) is 0.268. The summed E-state index contributed by atoms with van der Waals surface area (Å²) >= 11 is 0. The van der Waals surface area contributed by atoms with Crippen molar-refractivity contribution in [3.63, 3.8) is 0 Å². The lowest BCUT2D eigenvalue weighted by Gasteiger charge is -2.47. The molecule has 11 nitrogen and oxygen atoms in total. The van der Waals surface area contributed by atoms with Gasteiger partial charge in [0.2, 0.25) is 11.8 Å². The van der Waals surface area contributed by atoms with Crippen LogP contribution in [0.2, 0.25) is 6.32 Å². The first-order valence-corrected chi connectivity index (χ1v) is 14.4. The number of hydrogen-bond acceptors (Lipinski definition) is 7. The molecule has 2 heterocycles. The first-order valence-electron chi connectivity index (χ1n) is 14.4. The third-order valence-corrected chi connectivity index (χ3v) is 8.13. The van der Waals surface area contributed by atoms with Crippen LogP contribution < -0.4 is 10.6 Å². The van der Waals surface area contributed by atoms with Gasteiger partial charge in [-0.25, -0.2) is 9.59 Å². The number of aliphatic carboxylic acids is 1. The van der Waals surface area contributed by atoms with Crippen LogP contribution in [0.25, 0.3) is 0 Å². The molecule has 0 aliphatic carbocycles. The zero-order chi connectivity index (χ0) is 30.7. The van der Waals surface area contributed by atoms with Crippen LogP contribution >= 0.6 is 0 Å². The fourth-order valence-corrected chi connectivity index (χ4v) is 5.32. The molecule has 0 saturated carbocycles. The molecule has 0 aromatic carbocycles. The van der Waals surface area contributed by atoms with Crippen LogP contribution in [-0.2, 0) is 28.4 Å². The Morgan fingerprint density at radius 3 is 2.12 bits per heavy atom. The number of nitrogens with one attached hydrogen (secondary N) is 2. The minimum atomic E-state index is -1.45. The molecule has 228 valence electrons. The molecule has 3 atom stereocenters. The maximum absolute atomic E-state index is 13.2. The van der Waals surface area contributed by atoms with Crippen LogP contribution in [0.4, 0.5) is 4.79 Å². The first-order chi connectivity index (χ1) is 18.2. The van der Waals surface area contributed by atoms with Gasteiger partial charge in [0.25, 0.3) is 0 Å². The molecule has 0 radical (unpaired) electrons. The van der Waals surface area contributed by atoms with Gasteiger partial charge in [0.15, 0.2) is 0 Å². The molecule has 0 aromatic rings. The van der Waals surface area contributed by atoms with Crippen LogP contribution in [0.15, 0.2) is 0 Å². The number of piperidine rings is 1. The molecule has 2 aliphatic rings. The Morgan fingerprint density at radius 2 is 1.65 bits per heavy atom. The number of carboxylic acid groups (broad SMARTS) is 1. The van der Waals surface area contributed by atoms with Gasteiger partial charge in [0.1, 0.15) is 17.2 Å². The molecule has 2 saturated heterocycles. The fourth-order valence-electron chi connectivity index (χ4n) is 5.32. The van der Waals surface area contributed by atoms with Gasteiger partial charge >= 0.3 is 19.2 Å². The van der Waals surface area contributed by atoms with Crippen molar-refractivity contribution in [3.8, 4) is 0 Å². The third-order valence-electron chi connectivity index (χ3n) is 8.13. The number of amides is 3. The molecule has 2 fully saturated rings. The maximum Gasteiger partial charge on any atom is 0.457 e. The highest BCUT2D eigenvalue weighted by molar-refractivity contribution is 6.45. The minimum absolute atomic E-state index is 0.0708. The van der Waals surface area contributed by atoms with Gasteiger partial charge in [-0.15, -0.1) is 0 Å². The predicted molar refractivity (Wildman–Crippen MR) is 152 cm³/mol. The van der Waals surface area contributed by atoms with Crippen LogP contribution in [-0.4, -0.2) is 82.0 Å². The summed E-state index contributed by atoms with van der Waals surface area (Å²) < 4.78 is 17.4. The number of hydrogen-bond donors (Lipinski definition) is 3. The lowest BCUT2D eigenvalue weighted by atomic mass is 9.77. The van der Waals surface area contributed by atoms with E-state index in [1.165, 1.54) is 11.8 Å². The number of likely N-dealkylation sites (tertiary alicyclic amines) is 1. The number of nitrogens with zero attached hydrogens (tertiary/aromatic N) is 1. The second-order valence-corrected chi connectivity index (χ2v) is 13.5. The molecule has 2 aliphatic heterocycles. The summed E-state index contributed by atoms with van der Waals surface area (Å²) in [5.74, 6) is -2.06. The molecular formula is C28H50BN3O8. The van der Waals surface area contributed by atoms with E-state index < -0.39 is 52.4 Å². The van der Waals surface area contributed by atoms with E-state index in [-0.39, 0.29) is 38.3 Å². The fraction of sp³-hybridized carbons (Fsp3) is 0.857. The van der Waals surface area contributed by atoms with E-state index in [0.717, 1.165) is 0 Å². The van der Waals surface area contributed by atoms with Crippen molar-refractivity contribution in [3.05, 3.63) is 0 Å². The molecule has 3 N–H and O–H groups in total. The normalized spacial score (nSPS) is 24.9. The molecule has 40 heavy (non-hydrogen) atoms. The van der Waals surface area contributed by atoms with Gasteiger partial charge in [-0.3, -0.25) is 9.59 Å². The van der Waals surface area contributed by atoms with Crippen molar-refractivity contribution in [2.75, 3.05) is 6.54 Å². The van der Waals surface area contributed by atoms with Crippen LogP contribution in [0.1, 0.15) is 101 Å². The molecule has 0 unspecified atom stereocenters. The number of ether oxygens (including phenoxy) is 1. The summed E-state index contributed by atoms with van der Waals surface area (Å²) in [6.45, 7) is 18.4. The second kappa shape index (κ2) is 12.7. The molecule has 3 amide bonds. The molecule has 0 spiro atoms. The highest BCUT2D eigenvalue weighted by Crippen LogP contribution is 2.39. The molecule has 12 heteroatoms. The van der Waals surface area contributed by atoms with E-state index in [9.17, 15) is 24.3 Å². The van der Waals surface area contributed by atoms with Gasteiger partial charge in [0, 0.05) is 25.9 Å². The standard InChI is InChI=1S/C28H50BN3O8/c1-18(2)21(31-24(37)38-25(4,5)6)22(34)30-20-13-16-32(19(3)33)28(17-20,23(35)36)14-11-12-15-29-39-26(7,8)27(9,10)40-29/h18,20-21H,11-17H2,1-10H3,(H,30,34)(H,31,37)(H,35,36)/t20-,21-,28+/m0/s1. The van der Waals surface area contributed by atoms with Gasteiger partial charge in [-0.05, 0) is 73.5 Å². The number of alkyl carbamates (subject to hydrolysis) is 1. The Balaban J connectivity index is 2.09. The number of carbonyl (C=O) groups excluding carboxylic acids is 3. The van der Waals surface area contributed by atoms with Crippen molar-refractivity contribution in [2.24, 2.45) is 5.92 Å². The largest absolute Gasteiger partial charge is 0.479 e. The zero-order valence-corrected chi connectivity index (χ0v) is 26.0. The Hall–Kier alpha value is -2.34. The van der Waals surface area contributed by atoms with Crippen molar-refractivity contribution < 1.29 is 38.3 Å². The summed E-state index contributed by atoms with van der Waals surface area (Å²) in [5, 5.41) is 16.0.